The summed E-state index contributed by atoms with van der Waals surface area (Å²) in [5.41, 5.74) is 0.102. The number of nitrogens with one attached hydrogen (secondary N) is 1. The number of hydrogen-bond acceptors (Lipinski definition) is 3. The zero-order chi connectivity index (χ0) is 8.15. The van der Waals surface area contributed by atoms with Crippen LogP contribution in [0, 0.1) is 11.3 Å². The lowest BCUT2D eigenvalue weighted by Crippen LogP contribution is -2.09. The third-order valence-corrected chi connectivity index (χ3v) is 1.18. The number of rotatable bonds is 0. The smallest absolute Gasteiger partial charge is 0.352 e. The van der Waals surface area contributed by atoms with Gasteiger partial charge in [-0.25, -0.2) is 4.79 Å². The zero-order valence-corrected chi connectivity index (χ0v) is 6.60. The van der Waals surface area contributed by atoms with Gasteiger partial charge in [-0.2, -0.15) is 0 Å². The van der Waals surface area contributed by atoms with Gasteiger partial charge in [0.05, 0.1) is 0 Å². The Labute approximate surface area is 60.9 Å². The zero-order valence-electron chi connectivity index (χ0n) is 6.60. The summed E-state index contributed by atoms with van der Waals surface area (Å²) >= 11 is 0. The van der Waals surface area contributed by atoms with Crippen LogP contribution in [0.25, 0.3) is 0 Å². The second-order valence-electron chi connectivity index (χ2n) is 1.91. The Morgan fingerprint density at radius 1 is 1.60 bits per heavy atom. The van der Waals surface area contributed by atoms with Crippen molar-refractivity contribution in [1.29, 1.82) is 5.41 Å². The first-order chi connectivity index (χ1) is 4.72. The quantitative estimate of drug-likeness (QED) is 0.518. The molecule has 1 rings (SSSR count). The van der Waals surface area contributed by atoms with E-state index >= 15 is 0 Å². The summed E-state index contributed by atoms with van der Waals surface area (Å²) in [4.78, 5) is 10.3. The predicted molar refractivity (Wildman–Crippen MR) is 39.2 cm³/mol. The Balaban J connectivity index is 0.000000371. The van der Waals surface area contributed by atoms with Crippen molar-refractivity contribution in [2.24, 2.45) is 5.92 Å². The first kappa shape index (κ1) is 9.14. The number of cyclic esters (lactones) is 1. The predicted octanol–water partition coefficient (Wildman–Crippen LogP) is 1.23. The van der Waals surface area contributed by atoms with Gasteiger partial charge in [-0.15, -0.1) is 0 Å². The highest BCUT2D eigenvalue weighted by molar-refractivity contribution is 6.37. The number of hydrogen-bond donors (Lipinski definition) is 1. The Morgan fingerprint density at radius 3 is 2.20 bits per heavy atom. The van der Waals surface area contributed by atoms with Crippen LogP contribution in [0.5, 0.6) is 0 Å². The Kier molecular flexibility index (Phi) is 3.69. The lowest BCUT2D eigenvalue weighted by atomic mass is 10.1. The average Bonchev–Trinajstić information content (AvgIpc) is 2.25. The topological polar surface area (TPSA) is 50.2 Å². The van der Waals surface area contributed by atoms with Gasteiger partial charge in [0.15, 0.2) is 0 Å². The molecule has 0 radical (unpaired) electrons. The van der Waals surface area contributed by atoms with Crippen LogP contribution in [0.3, 0.4) is 0 Å². The third kappa shape index (κ3) is 1.83. The van der Waals surface area contributed by atoms with Gasteiger partial charge in [0.2, 0.25) is 0 Å². The van der Waals surface area contributed by atoms with E-state index in [-0.39, 0.29) is 11.6 Å². The van der Waals surface area contributed by atoms with E-state index in [2.05, 4.69) is 4.74 Å². The van der Waals surface area contributed by atoms with Gasteiger partial charge >= 0.3 is 5.97 Å². The van der Waals surface area contributed by atoms with Crippen LogP contribution in [-0.2, 0) is 9.53 Å². The van der Waals surface area contributed by atoms with Crippen molar-refractivity contribution in [3.05, 3.63) is 0 Å². The van der Waals surface area contributed by atoms with Crippen LogP contribution in [-0.4, -0.2) is 18.3 Å². The highest BCUT2D eigenvalue weighted by Gasteiger charge is 2.26. The van der Waals surface area contributed by atoms with Crippen molar-refractivity contribution in [3.8, 4) is 0 Å². The van der Waals surface area contributed by atoms with Gasteiger partial charge in [-0.1, -0.05) is 20.8 Å². The maximum absolute atomic E-state index is 10.3. The van der Waals surface area contributed by atoms with E-state index < -0.39 is 5.97 Å². The number of carbonyl (C=O) groups is 1. The molecule has 1 saturated heterocycles. The molecule has 3 nitrogen and oxygen atoms in total. The molecule has 0 aromatic rings. The fourth-order valence-electron chi connectivity index (χ4n) is 0.563. The van der Waals surface area contributed by atoms with Gasteiger partial charge in [-0.05, 0) is 0 Å². The molecule has 0 aromatic heterocycles. The van der Waals surface area contributed by atoms with Crippen molar-refractivity contribution in [2.75, 3.05) is 6.61 Å². The monoisotopic (exact) mass is 143 g/mol. The summed E-state index contributed by atoms with van der Waals surface area (Å²) in [6, 6.07) is 0. The molecule has 1 unspecified atom stereocenters. The number of esters is 1. The Bertz CT molecular complexity index is 143. The molecule has 0 saturated carbocycles. The molecular weight excluding hydrogens is 130 g/mol. The van der Waals surface area contributed by atoms with E-state index in [1.807, 2.05) is 13.8 Å². The van der Waals surface area contributed by atoms with Crippen molar-refractivity contribution >= 4 is 11.7 Å². The van der Waals surface area contributed by atoms with Crippen molar-refractivity contribution in [3.63, 3.8) is 0 Å². The minimum Gasteiger partial charge on any atom is -0.461 e. The van der Waals surface area contributed by atoms with E-state index in [0.29, 0.717) is 6.61 Å². The molecule has 0 aliphatic carbocycles. The molecular formula is C7H13NO2. The van der Waals surface area contributed by atoms with E-state index in [9.17, 15) is 4.79 Å². The van der Waals surface area contributed by atoms with E-state index in [1.165, 1.54) is 0 Å². The second kappa shape index (κ2) is 4.04. The molecule has 0 bridgehead atoms. The molecule has 1 atom stereocenters. The highest BCUT2D eigenvalue weighted by atomic mass is 16.5. The van der Waals surface area contributed by atoms with E-state index in [1.54, 1.807) is 6.92 Å². The first-order valence-corrected chi connectivity index (χ1v) is 3.47. The molecule has 10 heavy (non-hydrogen) atoms. The third-order valence-electron chi connectivity index (χ3n) is 1.18. The molecule has 58 valence electrons. The lowest BCUT2D eigenvalue weighted by Gasteiger charge is -1.88. The van der Waals surface area contributed by atoms with Gasteiger partial charge in [0.25, 0.3) is 0 Å². The average molecular weight is 143 g/mol. The van der Waals surface area contributed by atoms with Gasteiger partial charge < -0.3 is 4.74 Å². The van der Waals surface area contributed by atoms with Crippen LogP contribution < -0.4 is 0 Å². The molecule has 1 fully saturated rings. The first-order valence-electron chi connectivity index (χ1n) is 3.47. The molecule has 1 aliphatic heterocycles. The molecule has 1 N–H and O–H groups in total. The largest absolute Gasteiger partial charge is 0.461 e. The summed E-state index contributed by atoms with van der Waals surface area (Å²) in [7, 11) is 0. The molecule has 1 aliphatic rings. The minimum atomic E-state index is -0.461. The van der Waals surface area contributed by atoms with Crippen LogP contribution in [0.2, 0.25) is 0 Å². The molecule has 0 spiro atoms. The SMILES string of the molecule is CC.CC1COC(=O)C1=N. The Hall–Kier alpha value is -0.860. The normalized spacial score (nSPS) is 23.3. The summed E-state index contributed by atoms with van der Waals surface area (Å²) in [5.74, 6) is -0.458. The minimum absolute atomic E-state index is 0.00231. The van der Waals surface area contributed by atoms with Crippen molar-refractivity contribution in [1.82, 2.24) is 0 Å². The van der Waals surface area contributed by atoms with Gasteiger partial charge in [0.1, 0.15) is 12.3 Å². The summed E-state index contributed by atoms with van der Waals surface area (Å²) in [6.07, 6.45) is 0. The van der Waals surface area contributed by atoms with Crippen LogP contribution in [0.1, 0.15) is 20.8 Å². The van der Waals surface area contributed by atoms with Crippen LogP contribution >= 0.6 is 0 Å². The van der Waals surface area contributed by atoms with E-state index in [0.717, 1.165) is 0 Å². The van der Waals surface area contributed by atoms with Gasteiger partial charge in [0, 0.05) is 5.92 Å². The fraction of sp³-hybridized carbons (Fsp3) is 0.714. The summed E-state index contributed by atoms with van der Waals surface area (Å²) < 4.78 is 4.51. The molecule has 1 heterocycles. The van der Waals surface area contributed by atoms with E-state index in [4.69, 9.17) is 5.41 Å². The number of ether oxygens (including phenoxy) is 1. The lowest BCUT2D eigenvalue weighted by molar-refractivity contribution is -0.133. The standard InChI is InChI=1S/C5H7NO2.C2H6/c1-3-2-8-5(7)4(3)6;1-2/h3,6H,2H2,1H3;1-2H3. The van der Waals surface area contributed by atoms with Crippen molar-refractivity contribution in [2.45, 2.75) is 20.8 Å². The molecule has 0 aromatic carbocycles. The van der Waals surface area contributed by atoms with Gasteiger partial charge in [-0.3, -0.25) is 5.41 Å². The summed E-state index contributed by atoms with van der Waals surface area (Å²) in [6.45, 7) is 6.19. The molecule has 0 amide bonds. The summed E-state index contributed by atoms with van der Waals surface area (Å²) in [5, 5.41) is 6.99. The second-order valence-corrected chi connectivity index (χ2v) is 1.91. The fourth-order valence-corrected chi connectivity index (χ4v) is 0.563. The molecule has 3 heteroatoms. The Morgan fingerprint density at radius 2 is 2.10 bits per heavy atom. The number of carbonyl (C=O) groups excluding carboxylic acids is 1. The van der Waals surface area contributed by atoms with Crippen LogP contribution in [0.15, 0.2) is 0 Å². The van der Waals surface area contributed by atoms with Crippen LogP contribution in [0.4, 0.5) is 0 Å². The highest BCUT2D eigenvalue weighted by Crippen LogP contribution is 2.07. The maximum atomic E-state index is 10.3. The van der Waals surface area contributed by atoms with Crippen molar-refractivity contribution < 1.29 is 9.53 Å². The maximum Gasteiger partial charge on any atom is 0.352 e.